The first kappa shape index (κ1) is 27.3. The minimum Gasteiger partial charge on any atom is -0.390 e. The summed E-state index contributed by atoms with van der Waals surface area (Å²) < 4.78 is 15.2. The third-order valence-electron chi connectivity index (χ3n) is 8.05. The van der Waals surface area contributed by atoms with Gasteiger partial charge >= 0.3 is 5.69 Å². The SMILES string of the molecule is CC(C)(O)C1CCc2c([nH]c3c(C(N)=O)cc(Cl)c(-c4cccc(-n5c(=O)[nH]c6c(F)cccc6c5=O)c4Cl)c23)C1. The van der Waals surface area contributed by atoms with E-state index in [4.69, 9.17) is 28.9 Å². The van der Waals surface area contributed by atoms with Gasteiger partial charge in [-0.3, -0.25) is 9.59 Å². The Morgan fingerprint density at radius 2 is 1.85 bits per heavy atom. The fraction of sp³-hybridized carbons (Fsp3) is 0.233. The molecule has 8 nitrogen and oxygen atoms in total. The molecule has 1 amide bonds. The number of carbonyl (C=O) groups is 1. The quantitative estimate of drug-likeness (QED) is 0.226. The summed E-state index contributed by atoms with van der Waals surface area (Å²) in [5, 5.41) is 11.6. The number of nitrogens with one attached hydrogen (secondary N) is 2. The van der Waals surface area contributed by atoms with Gasteiger partial charge in [-0.15, -0.1) is 0 Å². The second kappa shape index (κ2) is 9.58. The minimum atomic E-state index is -0.900. The standard InChI is InChI=1S/C30H25Cl2FN4O4/c1-30(2,41)13-9-10-14-20(11-13)35-26-17(27(34)38)12-18(31)22(23(14)26)15-5-4-8-21(24(15)32)37-28(39)16-6-3-7-19(33)25(16)36-29(37)40/h3-8,12-13,35,41H,9-11H2,1-2H3,(H2,34,38)(H,36,40). The lowest BCUT2D eigenvalue weighted by Crippen LogP contribution is -2.34. The van der Waals surface area contributed by atoms with Crippen LogP contribution < -0.4 is 17.0 Å². The molecule has 0 saturated heterocycles. The van der Waals surface area contributed by atoms with Crippen molar-refractivity contribution in [3.63, 3.8) is 0 Å². The van der Waals surface area contributed by atoms with Crippen LogP contribution >= 0.6 is 23.2 Å². The zero-order valence-electron chi connectivity index (χ0n) is 22.1. The third-order valence-corrected chi connectivity index (χ3v) is 8.75. The average Bonchev–Trinajstić information content (AvgIpc) is 3.28. The molecule has 41 heavy (non-hydrogen) atoms. The smallest absolute Gasteiger partial charge is 0.333 e. The van der Waals surface area contributed by atoms with Crippen LogP contribution in [0.2, 0.25) is 10.0 Å². The molecule has 2 heterocycles. The molecular weight excluding hydrogens is 570 g/mol. The molecule has 0 fully saturated rings. The van der Waals surface area contributed by atoms with Gasteiger partial charge in [-0.2, -0.15) is 0 Å². The van der Waals surface area contributed by atoms with E-state index in [1.807, 2.05) is 0 Å². The fourth-order valence-electron chi connectivity index (χ4n) is 5.95. The summed E-state index contributed by atoms with van der Waals surface area (Å²) in [6, 6.07) is 10.3. The number of amides is 1. The Labute approximate surface area is 242 Å². The second-order valence-corrected chi connectivity index (χ2v) is 11.7. The van der Waals surface area contributed by atoms with Gasteiger partial charge in [0.25, 0.3) is 11.5 Å². The first-order valence-electron chi connectivity index (χ1n) is 13.0. The van der Waals surface area contributed by atoms with Crippen molar-refractivity contribution in [2.75, 3.05) is 0 Å². The molecule has 0 saturated carbocycles. The molecule has 6 rings (SSSR count). The predicted molar refractivity (Wildman–Crippen MR) is 158 cm³/mol. The third kappa shape index (κ3) is 4.27. The number of aromatic amines is 2. The molecule has 0 radical (unpaired) electrons. The topological polar surface area (TPSA) is 134 Å². The summed E-state index contributed by atoms with van der Waals surface area (Å²) in [6.45, 7) is 3.55. The van der Waals surface area contributed by atoms with Crippen LogP contribution in [0.25, 0.3) is 38.6 Å². The highest BCUT2D eigenvalue weighted by Gasteiger charge is 2.34. The van der Waals surface area contributed by atoms with Crippen LogP contribution in [-0.2, 0) is 12.8 Å². The highest BCUT2D eigenvalue weighted by molar-refractivity contribution is 6.39. The molecule has 210 valence electrons. The average molecular weight is 595 g/mol. The zero-order chi connectivity index (χ0) is 29.4. The number of aryl methyl sites for hydroxylation is 1. The maximum absolute atomic E-state index is 14.3. The van der Waals surface area contributed by atoms with Crippen molar-refractivity contribution in [1.29, 1.82) is 0 Å². The lowest BCUT2D eigenvalue weighted by molar-refractivity contribution is 0.0107. The van der Waals surface area contributed by atoms with Gasteiger partial charge in [-0.1, -0.05) is 41.4 Å². The molecule has 2 aromatic heterocycles. The molecule has 0 aliphatic heterocycles. The van der Waals surface area contributed by atoms with Crippen molar-refractivity contribution >= 4 is 50.9 Å². The van der Waals surface area contributed by atoms with Crippen molar-refractivity contribution < 1.29 is 14.3 Å². The van der Waals surface area contributed by atoms with E-state index in [1.54, 1.807) is 26.0 Å². The van der Waals surface area contributed by atoms with Gasteiger partial charge in [0.1, 0.15) is 5.82 Å². The van der Waals surface area contributed by atoms with E-state index in [0.29, 0.717) is 41.3 Å². The van der Waals surface area contributed by atoms with Gasteiger partial charge < -0.3 is 20.8 Å². The largest absolute Gasteiger partial charge is 0.390 e. The van der Waals surface area contributed by atoms with E-state index in [1.165, 1.54) is 24.3 Å². The van der Waals surface area contributed by atoms with Gasteiger partial charge in [-0.25, -0.2) is 13.8 Å². The van der Waals surface area contributed by atoms with E-state index in [2.05, 4.69) is 9.97 Å². The van der Waals surface area contributed by atoms with Crippen LogP contribution in [0.5, 0.6) is 0 Å². The molecule has 1 aliphatic carbocycles. The zero-order valence-corrected chi connectivity index (χ0v) is 23.6. The van der Waals surface area contributed by atoms with E-state index in [0.717, 1.165) is 21.9 Å². The summed E-state index contributed by atoms with van der Waals surface area (Å²) >= 11 is 13.7. The van der Waals surface area contributed by atoms with Crippen molar-refractivity contribution in [2.24, 2.45) is 11.7 Å². The van der Waals surface area contributed by atoms with Gasteiger partial charge in [0.15, 0.2) is 0 Å². The molecule has 1 atom stereocenters. The van der Waals surface area contributed by atoms with Crippen LogP contribution in [0.4, 0.5) is 4.39 Å². The molecule has 0 spiro atoms. The maximum atomic E-state index is 14.3. The first-order chi connectivity index (χ1) is 19.4. The number of para-hydroxylation sites is 1. The molecule has 11 heteroatoms. The molecule has 5 N–H and O–H groups in total. The van der Waals surface area contributed by atoms with Crippen molar-refractivity contribution in [3.05, 3.63) is 96.0 Å². The molecule has 1 aliphatic rings. The molecule has 3 aromatic carbocycles. The van der Waals surface area contributed by atoms with Gasteiger partial charge in [-0.05, 0) is 68.9 Å². The van der Waals surface area contributed by atoms with Gasteiger partial charge in [0, 0.05) is 22.2 Å². The summed E-state index contributed by atoms with van der Waals surface area (Å²) in [6.07, 6.45) is 1.85. The molecule has 1 unspecified atom stereocenters. The van der Waals surface area contributed by atoms with Gasteiger partial charge in [0.2, 0.25) is 0 Å². The lowest BCUT2D eigenvalue weighted by Gasteiger charge is -2.32. The summed E-state index contributed by atoms with van der Waals surface area (Å²) in [4.78, 5) is 44.7. The van der Waals surface area contributed by atoms with E-state index in [9.17, 15) is 23.9 Å². The van der Waals surface area contributed by atoms with Crippen LogP contribution in [0.1, 0.15) is 41.9 Å². The Hall–Kier alpha value is -3.92. The minimum absolute atomic E-state index is 0.0118. The number of aliphatic hydroxyl groups is 1. The second-order valence-electron chi connectivity index (χ2n) is 10.9. The van der Waals surface area contributed by atoms with E-state index >= 15 is 0 Å². The monoisotopic (exact) mass is 594 g/mol. The van der Waals surface area contributed by atoms with Crippen molar-refractivity contribution in [2.45, 2.75) is 38.7 Å². The number of halogens is 3. The van der Waals surface area contributed by atoms with Crippen molar-refractivity contribution in [1.82, 2.24) is 14.5 Å². The number of H-pyrrole nitrogens is 2. The first-order valence-corrected chi connectivity index (χ1v) is 13.7. The van der Waals surface area contributed by atoms with Crippen LogP contribution in [0.3, 0.4) is 0 Å². The number of hydrogen-bond acceptors (Lipinski definition) is 4. The predicted octanol–water partition coefficient (Wildman–Crippen LogP) is 5.25. The number of rotatable bonds is 4. The number of hydrogen-bond donors (Lipinski definition) is 4. The number of nitrogens with two attached hydrogens (primary N) is 1. The number of primary amides is 1. The Morgan fingerprint density at radius 3 is 2.56 bits per heavy atom. The van der Waals surface area contributed by atoms with Crippen LogP contribution in [0, 0.1) is 11.7 Å². The fourth-order valence-corrected chi connectivity index (χ4v) is 6.56. The lowest BCUT2D eigenvalue weighted by atomic mass is 9.77. The molecule has 5 aromatic rings. The number of carbonyl (C=O) groups excluding carboxylic acids is 1. The molecule has 0 bridgehead atoms. The van der Waals surface area contributed by atoms with E-state index < -0.39 is 28.6 Å². The molecular formula is C30H25Cl2FN4O4. The Bertz CT molecular complexity index is 2040. The van der Waals surface area contributed by atoms with Crippen molar-refractivity contribution in [3.8, 4) is 16.8 Å². The number of benzene rings is 3. The Morgan fingerprint density at radius 1 is 1.12 bits per heavy atom. The summed E-state index contributed by atoms with van der Waals surface area (Å²) in [5.74, 6) is -1.40. The highest BCUT2D eigenvalue weighted by Crippen LogP contribution is 2.46. The maximum Gasteiger partial charge on any atom is 0.333 e. The Kier molecular flexibility index (Phi) is 6.37. The number of aromatic nitrogens is 3. The van der Waals surface area contributed by atoms with Crippen LogP contribution in [0.15, 0.2) is 52.1 Å². The normalized spacial score (nSPS) is 15.4. The summed E-state index contributed by atoms with van der Waals surface area (Å²) in [7, 11) is 0. The van der Waals surface area contributed by atoms with Crippen LogP contribution in [-0.4, -0.2) is 31.1 Å². The number of nitrogens with zero attached hydrogens (tertiary/aromatic N) is 1. The Balaban J connectivity index is 1.63. The van der Waals surface area contributed by atoms with Gasteiger partial charge in [0.05, 0.1) is 43.3 Å². The number of fused-ring (bicyclic) bond motifs is 4. The highest BCUT2D eigenvalue weighted by atomic mass is 35.5. The summed E-state index contributed by atoms with van der Waals surface area (Å²) in [5.41, 5.74) is 6.54. The van der Waals surface area contributed by atoms with E-state index in [-0.39, 0.29) is 38.1 Å².